The molecule has 3 N–H and O–H groups in total. The van der Waals surface area contributed by atoms with Gasteiger partial charge in [0.15, 0.2) is 11.5 Å². The number of benzene rings is 1. The maximum absolute atomic E-state index is 5.45. The average molecular weight is 256 g/mol. The molecule has 1 aromatic rings. The minimum absolute atomic E-state index is 0.641. The van der Waals surface area contributed by atoms with Crippen molar-refractivity contribution in [2.45, 2.75) is 11.4 Å². The molecule has 0 aliphatic carbocycles. The van der Waals surface area contributed by atoms with Crippen LogP contribution in [-0.2, 0) is 6.54 Å². The summed E-state index contributed by atoms with van der Waals surface area (Å²) in [7, 11) is 3.29. The van der Waals surface area contributed by atoms with E-state index in [0.717, 1.165) is 24.6 Å². The fourth-order valence-electron chi connectivity index (χ4n) is 1.56. The number of hydrogen-bond acceptors (Lipinski definition) is 5. The zero-order valence-corrected chi connectivity index (χ0v) is 11.4. The number of thioether (sulfide) groups is 1. The Labute approximate surface area is 107 Å². The van der Waals surface area contributed by atoms with Crippen molar-refractivity contribution in [3.63, 3.8) is 0 Å². The zero-order valence-electron chi connectivity index (χ0n) is 10.6. The van der Waals surface area contributed by atoms with Gasteiger partial charge in [-0.05, 0) is 24.0 Å². The molecule has 0 amide bonds. The lowest BCUT2D eigenvalue weighted by atomic mass is 10.2. The Bertz CT molecular complexity index is 359. The molecule has 0 heterocycles. The summed E-state index contributed by atoms with van der Waals surface area (Å²) in [6.07, 6.45) is 2.05. The van der Waals surface area contributed by atoms with Crippen molar-refractivity contribution in [2.75, 3.05) is 33.6 Å². The van der Waals surface area contributed by atoms with Gasteiger partial charge in [-0.25, -0.2) is 0 Å². The normalized spacial score (nSPS) is 10.4. The van der Waals surface area contributed by atoms with Crippen LogP contribution < -0.4 is 20.5 Å². The Morgan fingerprint density at radius 3 is 2.41 bits per heavy atom. The van der Waals surface area contributed by atoms with Crippen LogP contribution in [0.2, 0.25) is 0 Å². The number of methoxy groups -OCH3 is 2. The first-order valence-electron chi connectivity index (χ1n) is 5.46. The van der Waals surface area contributed by atoms with Gasteiger partial charge in [0.05, 0.1) is 14.2 Å². The van der Waals surface area contributed by atoms with E-state index in [2.05, 4.69) is 5.32 Å². The summed E-state index contributed by atoms with van der Waals surface area (Å²) in [4.78, 5) is 1.19. The lowest BCUT2D eigenvalue weighted by Crippen LogP contribution is -2.22. The molecular formula is C12H20N2O2S. The van der Waals surface area contributed by atoms with Crippen molar-refractivity contribution >= 4 is 11.8 Å². The van der Waals surface area contributed by atoms with E-state index in [-0.39, 0.29) is 0 Å². The Hall–Kier alpha value is -0.910. The van der Waals surface area contributed by atoms with Gasteiger partial charge in [-0.1, -0.05) is 0 Å². The molecule has 0 radical (unpaired) electrons. The van der Waals surface area contributed by atoms with Crippen LogP contribution in [0.15, 0.2) is 17.0 Å². The maximum Gasteiger partial charge on any atom is 0.161 e. The Morgan fingerprint density at radius 2 is 1.88 bits per heavy atom. The molecule has 0 saturated heterocycles. The number of nitrogens with two attached hydrogens (primary N) is 1. The molecule has 0 atom stereocenters. The quantitative estimate of drug-likeness (QED) is 0.571. The van der Waals surface area contributed by atoms with Crippen LogP contribution in [0.3, 0.4) is 0 Å². The van der Waals surface area contributed by atoms with Gasteiger partial charge < -0.3 is 20.5 Å². The molecule has 1 rings (SSSR count). The smallest absolute Gasteiger partial charge is 0.161 e. The van der Waals surface area contributed by atoms with Gasteiger partial charge in [0.25, 0.3) is 0 Å². The lowest BCUT2D eigenvalue weighted by Gasteiger charge is -2.14. The van der Waals surface area contributed by atoms with Crippen molar-refractivity contribution in [3.05, 3.63) is 17.7 Å². The third-order valence-electron chi connectivity index (χ3n) is 2.42. The molecule has 0 unspecified atom stereocenters. The van der Waals surface area contributed by atoms with Gasteiger partial charge in [-0.2, -0.15) is 0 Å². The van der Waals surface area contributed by atoms with Gasteiger partial charge in [0, 0.05) is 24.5 Å². The molecule has 0 saturated carbocycles. The molecule has 17 heavy (non-hydrogen) atoms. The second-order valence-electron chi connectivity index (χ2n) is 3.48. The van der Waals surface area contributed by atoms with E-state index >= 15 is 0 Å². The lowest BCUT2D eigenvalue weighted by molar-refractivity contribution is 0.353. The van der Waals surface area contributed by atoms with Gasteiger partial charge in [-0.15, -0.1) is 11.8 Å². The van der Waals surface area contributed by atoms with E-state index in [0.29, 0.717) is 6.54 Å². The Balaban J connectivity index is 2.93. The van der Waals surface area contributed by atoms with Crippen molar-refractivity contribution in [2.24, 2.45) is 5.73 Å². The standard InChI is InChI=1S/C12H20N2O2S/c1-15-10-6-9(8-14-5-4-13)12(17-3)7-11(10)16-2/h6-7,14H,4-5,8,13H2,1-3H3. The molecule has 0 aliphatic heterocycles. The summed E-state index contributed by atoms with van der Waals surface area (Å²) >= 11 is 1.70. The van der Waals surface area contributed by atoms with E-state index < -0.39 is 0 Å². The number of nitrogens with one attached hydrogen (secondary N) is 1. The van der Waals surface area contributed by atoms with Crippen LogP contribution in [0.1, 0.15) is 5.56 Å². The van der Waals surface area contributed by atoms with Crippen LogP contribution >= 0.6 is 11.8 Å². The first-order valence-corrected chi connectivity index (χ1v) is 6.69. The molecule has 0 fully saturated rings. The number of hydrogen-bond donors (Lipinski definition) is 2. The topological polar surface area (TPSA) is 56.5 Å². The van der Waals surface area contributed by atoms with Crippen LogP contribution in [0.25, 0.3) is 0 Å². The van der Waals surface area contributed by atoms with Crippen molar-refractivity contribution in [1.82, 2.24) is 5.32 Å². The largest absolute Gasteiger partial charge is 0.493 e. The van der Waals surface area contributed by atoms with Crippen LogP contribution in [-0.4, -0.2) is 33.6 Å². The Kier molecular flexibility index (Phi) is 6.18. The monoisotopic (exact) mass is 256 g/mol. The maximum atomic E-state index is 5.45. The fraction of sp³-hybridized carbons (Fsp3) is 0.500. The molecule has 0 aliphatic rings. The van der Waals surface area contributed by atoms with Crippen LogP contribution in [0.4, 0.5) is 0 Å². The van der Waals surface area contributed by atoms with Crippen molar-refractivity contribution < 1.29 is 9.47 Å². The second-order valence-corrected chi connectivity index (χ2v) is 4.33. The SMILES string of the molecule is COc1cc(CNCCN)c(SC)cc1OC. The summed E-state index contributed by atoms with van der Waals surface area (Å²) in [5, 5.41) is 3.28. The van der Waals surface area contributed by atoms with Gasteiger partial charge in [0.1, 0.15) is 0 Å². The first kappa shape index (κ1) is 14.2. The molecule has 0 bridgehead atoms. The van der Waals surface area contributed by atoms with Gasteiger partial charge in [-0.3, -0.25) is 0 Å². The second kappa shape index (κ2) is 7.42. The third-order valence-corrected chi connectivity index (χ3v) is 3.24. The summed E-state index contributed by atoms with van der Waals surface area (Å²) in [5.41, 5.74) is 6.65. The van der Waals surface area contributed by atoms with E-state index in [1.807, 2.05) is 18.4 Å². The van der Waals surface area contributed by atoms with Gasteiger partial charge in [0.2, 0.25) is 0 Å². The highest BCUT2D eigenvalue weighted by Crippen LogP contribution is 2.34. The molecule has 96 valence electrons. The summed E-state index contributed by atoms with van der Waals surface area (Å²) in [6, 6.07) is 4.01. The first-order chi connectivity index (χ1) is 8.26. The fourth-order valence-corrected chi connectivity index (χ4v) is 2.17. The highest BCUT2D eigenvalue weighted by Gasteiger charge is 2.10. The molecule has 0 aromatic heterocycles. The average Bonchev–Trinajstić information content (AvgIpc) is 2.38. The van der Waals surface area contributed by atoms with Crippen molar-refractivity contribution in [1.29, 1.82) is 0 Å². The Morgan fingerprint density at radius 1 is 1.24 bits per heavy atom. The summed E-state index contributed by atoms with van der Waals surface area (Å²) in [5.74, 6) is 1.52. The van der Waals surface area contributed by atoms with Gasteiger partial charge >= 0.3 is 0 Å². The minimum atomic E-state index is 0.641. The molecule has 4 nitrogen and oxygen atoms in total. The van der Waals surface area contributed by atoms with Crippen molar-refractivity contribution in [3.8, 4) is 11.5 Å². The number of ether oxygens (including phenoxy) is 2. The predicted molar refractivity (Wildman–Crippen MR) is 72.1 cm³/mol. The van der Waals surface area contributed by atoms with E-state index in [1.165, 1.54) is 10.5 Å². The van der Waals surface area contributed by atoms with Crippen LogP contribution in [0, 0.1) is 0 Å². The summed E-state index contributed by atoms with van der Waals surface area (Å²) in [6.45, 7) is 2.23. The predicted octanol–water partition coefficient (Wildman–Crippen LogP) is 1.47. The molecule has 5 heteroatoms. The summed E-state index contributed by atoms with van der Waals surface area (Å²) < 4.78 is 10.6. The highest BCUT2D eigenvalue weighted by molar-refractivity contribution is 7.98. The van der Waals surface area contributed by atoms with E-state index in [1.54, 1.807) is 26.0 Å². The molecule has 0 spiro atoms. The molecule has 1 aromatic carbocycles. The van der Waals surface area contributed by atoms with Crippen LogP contribution in [0.5, 0.6) is 11.5 Å². The zero-order chi connectivity index (χ0) is 12.7. The van der Waals surface area contributed by atoms with E-state index in [9.17, 15) is 0 Å². The minimum Gasteiger partial charge on any atom is -0.493 e. The highest BCUT2D eigenvalue weighted by atomic mass is 32.2. The number of rotatable bonds is 7. The van der Waals surface area contributed by atoms with E-state index in [4.69, 9.17) is 15.2 Å². The molecular weight excluding hydrogens is 236 g/mol. The third kappa shape index (κ3) is 3.80.